The Bertz CT molecular complexity index is 1540. The molecule has 0 unspecified atom stereocenters. The number of hydrogen-bond acceptors (Lipinski definition) is 4. The van der Waals surface area contributed by atoms with Gasteiger partial charge in [-0.25, -0.2) is 8.78 Å². The van der Waals surface area contributed by atoms with E-state index in [1.54, 1.807) is 57.2 Å². The minimum atomic E-state index is -2.75. The molecule has 0 aliphatic carbocycles. The lowest BCUT2D eigenvalue weighted by Crippen LogP contribution is -2.35. The van der Waals surface area contributed by atoms with Crippen molar-refractivity contribution in [1.29, 1.82) is 0 Å². The Kier molecular flexibility index (Phi) is 8.84. The van der Waals surface area contributed by atoms with Crippen LogP contribution >= 0.6 is 27.5 Å². The standard InChI is InChI=1S/C30H27BrClF2N3O4/c1-16-25-17(14-37(16)29(40)30(2,3)4)5-11-22(32)26(25)28(39)36-20-10-12-23(41-15-24(33)34)21(13-20)27(38)35-19-8-6-18(31)7-9-19/h5-13,24H,1,14-15H2,2-4H3,(H,35,38)(H,36,39). The number of ether oxygens (including phenoxy) is 1. The molecule has 0 bridgehead atoms. The van der Waals surface area contributed by atoms with E-state index in [0.717, 1.165) is 4.47 Å². The Balaban J connectivity index is 1.64. The second kappa shape index (κ2) is 12.0. The summed E-state index contributed by atoms with van der Waals surface area (Å²) in [6, 6.07) is 14.2. The Morgan fingerprint density at radius 3 is 2.29 bits per heavy atom. The van der Waals surface area contributed by atoms with Crippen LogP contribution in [0.1, 0.15) is 52.6 Å². The summed E-state index contributed by atoms with van der Waals surface area (Å²) < 4.78 is 31.7. The summed E-state index contributed by atoms with van der Waals surface area (Å²) in [5.41, 5.74) is 1.58. The molecule has 0 saturated carbocycles. The fraction of sp³-hybridized carbons (Fsp3) is 0.233. The van der Waals surface area contributed by atoms with Crippen LogP contribution in [0.4, 0.5) is 20.2 Å². The number of hydrogen-bond donors (Lipinski definition) is 2. The third-order valence-electron chi connectivity index (χ3n) is 6.25. The zero-order chi connectivity index (χ0) is 30.1. The first-order chi connectivity index (χ1) is 19.3. The maximum Gasteiger partial charge on any atom is 0.272 e. The molecule has 0 atom stereocenters. The van der Waals surface area contributed by atoms with Crippen molar-refractivity contribution in [3.05, 3.63) is 92.9 Å². The fourth-order valence-electron chi connectivity index (χ4n) is 4.29. The molecule has 0 fully saturated rings. The van der Waals surface area contributed by atoms with Crippen LogP contribution < -0.4 is 15.4 Å². The van der Waals surface area contributed by atoms with Crippen molar-refractivity contribution in [2.24, 2.45) is 5.41 Å². The summed E-state index contributed by atoms with van der Waals surface area (Å²) in [4.78, 5) is 41.2. The number of halogens is 4. The van der Waals surface area contributed by atoms with E-state index >= 15 is 0 Å². The van der Waals surface area contributed by atoms with Crippen LogP contribution in [-0.4, -0.2) is 35.7 Å². The molecular weight excluding hydrogens is 620 g/mol. The van der Waals surface area contributed by atoms with Crippen molar-refractivity contribution >= 4 is 62.3 Å². The molecular formula is C30H27BrClF2N3O4. The van der Waals surface area contributed by atoms with E-state index in [4.69, 9.17) is 16.3 Å². The lowest BCUT2D eigenvalue weighted by molar-refractivity contribution is -0.136. The molecule has 214 valence electrons. The van der Waals surface area contributed by atoms with Crippen LogP contribution in [0.3, 0.4) is 0 Å². The van der Waals surface area contributed by atoms with Gasteiger partial charge in [0.25, 0.3) is 18.2 Å². The average Bonchev–Trinajstić information content (AvgIpc) is 3.23. The molecule has 11 heteroatoms. The molecule has 1 aliphatic heterocycles. The van der Waals surface area contributed by atoms with Gasteiger partial charge in [-0.1, -0.05) is 60.9 Å². The van der Waals surface area contributed by atoms with Gasteiger partial charge in [0, 0.05) is 32.5 Å². The van der Waals surface area contributed by atoms with Crippen LogP contribution in [0.5, 0.6) is 5.75 Å². The fourth-order valence-corrected chi connectivity index (χ4v) is 4.80. The van der Waals surface area contributed by atoms with Gasteiger partial charge in [0.15, 0.2) is 0 Å². The summed E-state index contributed by atoms with van der Waals surface area (Å²) in [6.07, 6.45) is -2.75. The van der Waals surface area contributed by atoms with Gasteiger partial charge in [-0.2, -0.15) is 0 Å². The molecule has 1 aliphatic rings. The first-order valence-electron chi connectivity index (χ1n) is 12.5. The predicted octanol–water partition coefficient (Wildman–Crippen LogP) is 7.61. The van der Waals surface area contributed by atoms with Gasteiger partial charge < -0.3 is 20.3 Å². The van der Waals surface area contributed by atoms with Gasteiger partial charge in [-0.3, -0.25) is 14.4 Å². The van der Waals surface area contributed by atoms with E-state index in [-0.39, 0.29) is 40.0 Å². The predicted molar refractivity (Wildman–Crippen MR) is 158 cm³/mol. The normalized spacial score (nSPS) is 12.8. The second-order valence-corrected chi connectivity index (χ2v) is 11.7. The third kappa shape index (κ3) is 6.77. The number of nitrogens with one attached hydrogen (secondary N) is 2. The second-order valence-electron chi connectivity index (χ2n) is 10.4. The Labute approximate surface area is 249 Å². The van der Waals surface area contributed by atoms with Crippen LogP contribution in [-0.2, 0) is 11.3 Å². The van der Waals surface area contributed by atoms with Crippen LogP contribution in [0, 0.1) is 5.41 Å². The molecule has 3 aromatic carbocycles. The summed E-state index contributed by atoms with van der Waals surface area (Å²) in [6.45, 7) is 8.79. The zero-order valence-corrected chi connectivity index (χ0v) is 24.8. The quantitative estimate of drug-likeness (QED) is 0.277. The number of anilines is 2. The van der Waals surface area contributed by atoms with Crippen molar-refractivity contribution in [3.63, 3.8) is 0 Å². The first-order valence-corrected chi connectivity index (χ1v) is 13.7. The smallest absolute Gasteiger partial charge is 0.272 e. The van der Waals surface area contributed by atoms with E-state index in [1.165, 1.54) is 23.1 Å². The van der Waals surface area contributed by atoms with Gasteiger partial charge in [-0.05, 0) is 54.1 Å². The van der Waals surface area contributed by atoms with E-state index in [1.807, 2.05) is 0 Å². The number of carbonyl (C=O) groups is 3. The molecule has 0 saturated heterocycles. The molecule has 4 rings (SSSR count). The molecule has 41 heavy (non-hydrogen) atoms. The monoisotopic (exact) mass is 645 g/mol. The number of fused-ring (bicyclic) bond motifs is 1. The lowest BCUT2D eigenvalue weighted by atomic mass is 9.94. The highest BCUT2D eigenvalue weighted by molar-refractivity contribution is 9.10. The zero-order valence-electron chi connectivity index (χ0n) is 22.5. The van der Waals surface area contributed by atoms with Crippen LogP contribution in [0.2, 0.25) is 5.02 Å². The molecule has 1 heterocycles. The lowest BCUT2D eigenvalue weighted by Gasteiger charge is -2.26. The van der Waals surface area contributed by atoms with Crippen molar-refractivity contribution in [3.8, 4) is 5.75 Å². The highest BCUT2D eigenvalue weighted by Crippen LogP contribution is 2.40. The molecule has 0 spiro atoms. The molecule has 3 aromatic rings. The minimum absolute atomic E-state index is 0.0675. The number of rotatable bonds is 7. The summed E-state index contributed by atoms with van der Waals surface area (Å²) in [5, 5.41) is 5.57. The number of amides is 3. The minimum Gasteiger partial charge on any atom is -0.487 e. The Morgan fingerprint density at radius 1 is 1.02 bits per heavy atom. The van der Waals surface area contributed by atoms with Crippen LogP contribution in [0.15, 0.2) is 65.6 Å². The third-order valence-corrected chi connectivity index (χ3v) is 7.09. The summed E-state index contributed by atoms with van der Waals surface area (Å²) in [5.74, 6) is -1.46. The summed E-state index contributed by atoms with van der Waals surface area (Å²) in [7, 11) is 0. The first kappa shape index (κ1) is 30.2. The van der Waals surface area contributed by atoms with Gasteiger partial charge in [0.1, 0.15) is 12.4 Å². The largest absolute Gasteiger partial charge is 0.487 e. The maximum atomic E-state index is 13.5. The van der Waals surface area contributed by atoms with Gasteiger partial charge in [-0.15, -0.1) is 0 Å². The number of carbonyl (C=O) groups excluding carboxylic acids is 3. The number of nitrogens with zero attached hydrogens (tertiary/aromatic N) is 1. The number of benzene rings is 3. The van der Waals surface area contributed by atoms with Gasteiger partial charge in [0.05, 0.1) is 22.7 Å². The van der Waals surface area contributed by atoms with E-state index in [0.29, 0.717) is 22.5 Å². The van der Waals surface area contributed by atoms with Crippen molar-refractivity contribution in [2.45, 2.75) is 33.7 Å². The van der Waals surface area contributed by atoms with Gasteiger partial charge in [0.2, 0.25) is 5.91 Å². The van der Waals surface area contributed by atoms with Crippen molar-refractivity contribution in [2.75, 3.05) is 17.2 Å². The van der Waals surface area contributed by atoms with Crippen molar-refractivity contribution < 1.29 is 27.9 Å². The van der Waals surface area contributed by atoms with Crippen molar-refractivity contribution in [1.82, 2.24) is 4.90 Å². The maximum absolute atomic E-state index is 13.5. The summed E-state index contributed by atoms with van der Waals surface area (Å²) >= 11 is 9.79. The van der Waals surface area contributed by atoms with E-state index < -0.39 is 30.3 Å². The van der Waals surface area contributed by atoms with E-state index in [9.17, 15) is 23.2 Å². The topological polar surface area (TPSA) is 87.7 Å². The average molecular weight is 647 g/mol. The van der Waals surface area contributed by atoms with Gasteiger partial charge >= 0.3 is 0 Å². The molecule has 0 radical (unpaired) electrons. The number of alkyl halides is 2. The highest BCUT2D eigenvalue weighted by Gasteiger charge is 2.36. The Hall–Kier alpha value is -3.76. The molecule has 7 nitrogen and oxygen atoms in total. The molecule has 0 aromatic heterocycles. The SMILES string of the molecule is C=C1c2c(ccc(Cl)c2C(=O)Nc2ccc(OCC(F)F)c(C(=O)Nc3ccc(Br)cc3)c2)CN1C(=O)C(C)(C)C. The molecule has 3 amide bonds. The molecule has 2 N–H and O–H groups in total. The highest BCUT2D eigenvalue weighted by atomic mass is 79.9. The Morgan fingerprint density at radius 2 is 1.66 bits per heavy atom. The van der Waals surface area contributed by atoms with E-state index in [2.05, 4.69) is 33.1 Å². The van der Waals surface area contributed by atoms with Crippen LogP contribution in [0.25, 0.3) is 5.70 Å².